The molecule has 10 heteroatoms. The normalized spacial score (nSPS) is 34.3. The van der Waals surface area contributed by atoms with E-state index in [1.165, 1.54) is 0 Å². The van der Waals surface area contributed by atoms with Gasteiger partial charge < -0.3 is 0 Å². The molecule has 0 aromatic heterocycles. The molecule has 0 radical (unpaired) electrons. The van der Waals surface area contributed by atoms with Gasteiger partial charge >= 0.3 is 15.6 Å². The van der Waals surface area contributed by atoms with E-state index in [1.807, 2.05) is 27.7 Å². The Balaban J connectivity index is 0.000000403. The quantitative estimate of drug-likeness (QED) is 0.661. The molecule has 0 spiro atoms. The molecule has 140 valence electrons. The molecule has 0 amide bonds. The molecule has 0 bridgehead atoms. The fourth-order valence-electron chi connectivity index (χ4n) is 1.64. The second-order valence-corrected chi connectivity index (χ2v) is 8.12. The molecule has 2 heterocycles. The van der Waals surface area contributed by atoms with Crippen molar-refractivity contribution in [2.24, 2.45) is 0 Å². The second-order valence-electron chi connectivity index (χ2n) is 4.97. The number of rotatable bonds is 4. The maximum absolute atomic E-state index is 11.4. The first kappa shape index (κ1) is 23.2. The summed E-state index contributed by atoms with van der Waals surface area (Å²) in [6.45, 7) is 11.4. The van der Waals surface area contributed by atoms with Crippen molar-refractivity contribution < 1.29 is 36.3 Å². The molecular formula is C13H30O8P2. The van der Waals surface area contributed by atoms with Crippen LogP contribution in [0.15, 0.2) is 0 Å². The lowest BCUT2D eigenvalue weighted by Crippen LogP contribution is -2.13. The molecule has 0 aromatic carbocycles. The van der Waals surface area contributed by atoms with Crippen LogP contribution >= 0.6 is 15.6 Å². The molecule has 2 fully saturated rings. The van der Waals surface area contributed by atoms with Crippen LogP contribution in [0.25, 0.3) is 0 Å². The summed E-state index contributed by atoms with van der Waals surface area (Å²) in [6, 6.07) is 0. The number of phosphoric acid groups is 2. The maximum atomic E-state index is 11.4. The predicted molar refractivity (Wildman–Crippen MR) is 87.4 cm³/mol. The molecule has 0 saturated carbocycles. The summed E-state index contributed by atoms with van der Waals surface area (Å²) in [7, 11) is -6.36. The summed E-state index contributed by atoms with van der Waals surface area (Å²) < 4.78 is 52.5. The van der Waals surface area contributed by atoms with Gasteiger partial charge in [-0.05, 0) is 41.5 Å². The largest absolute Gasteiger partial charge is 0.475 e. The molecule has 0 unspecified atom stereocenters. The van der Waals surface area contributed by atoms with Crippen molar-refractivity contribution in [3.8, 4) is 0 Å². The highest BCUT2D eigenvalue weighted by Crippen LogP contribution is 2.57. The van der Waals surface area contributed by atoms with Crippen LogP contribution in [0.3, 0.4) is 0 Å². The van der Waals surface area contributed by atoms with Crippen molar-refractivity contribution in [1.82, 2.24) is 0 Å². The molecule has 2 saturated heterocycles. The Morgan fingerprint density at radius 1 is 0.696 bits per heavy atom. The molecule has 0 aliphatic carbocycles. The molecule has 2 aliphatic heterocycles. The average Bonchev–Trinajstić information content (AvgIpc) is 2.77. The summed E-state index contributed by atoms with van der Waals surface area (Å²) in [5, 5.41) is 0. The van der Waals surface area contributed by atoms with Crippen LogP contribution in [0.4, 0.5) is 0 Å². The van der Waals surface area contributed by atoms with E-state index in [2.05, 4.69) is 0 Å². The summed E-state index contributed by atoms with van der Waals surface area (Å²) in [4.78, 5) is 0. The first-order valence-corrected chi connectivity index (χ1v) is 10.3. The minimum absolute atomic E-state index is 0. The van der Waals surface area contributed by atoms with E-state index in [9.17, 15) is 9.13 Å². The zero-order valence-electron chi connectivity index (χ0n) is 13.9. The SMILES string of the molecule is C.CCOP1(=O)O[C@@H](C)[C@H](C)O1.CCOP1(=O)O[C@H](C)[C@@H](C)O1. The number of hydrogen-bond donors (Lipinski definition) is 0. The van der Waals surface area contributed by atoms with Gasteiger partial charge in [-0.25, -0.2) is 9.13 Å². The van der Waals surface area contributed by atoms with Crippen molar-refractivity contribution in [1.29, 1.82) is 0 Å². The van der Waals surface area contributed by atoms with E-state index in [-0.39, 0.29) is 31.8 Å². The van der Waals surface area contributed by atoms with Gasteiger partial charge in [0.25, 0.3) is 0 Å². The van der Waals surface area contributed by atoms with Gasteiger partial charge in [-0.3, -0.25) is 27.1 Å². The number of phosphoric ester groups is 2. The van der Waals surface area contributed by atoms with Crippen molar-refractivity contribution >= 4 is 15.6 Å². The van der Waals surface area contributed by atoms with Crippen LogP contribution in [0.1, 0.15) is 49.0 Å². The minimum atomic E-state index is -3.18. The fraction of sp³-hybridized carbons (Fsp3) is 1.00. The topological polar surface area (TPSA) is 89.5 Å². The predicted octanol–water partition coefficient (Wildman–Crippen LogP) is 4.55. The highest BCUT2D eigenvalue weighted by molar-refractivity contribution is 7.49. The zero-order valence-corrected chi connectivity index (χ0v) is 15.7. The lowest BCUT2D eigenvalue weighted by molar-refractivity contribution is 0.184. The Bertz CT molecular complexity index is 376. The maximum Gasteiger partial charge on any atom is 0.475 e. The van der Waals surface area contributed by atoms with E-state index in [1.54, 1.807) is 13.8 Å². The second kappa shape index (κ2) is 9.64. The third-order valence-electron chi connectivity index (χ3n) is 3.08. The van der Waals surface area contributed by atoms with Crippen LogP contribution in [-0.4, -0.2) is 37.6 Å². The van der Waals surface area contributed by atoms with Gasteiger partial charge in [0.2, 0.25) is 0 Å². The first-order chi connectivity index (χ1) is 10.1. The average molecular weight is 376 g/mol. The number of hydrogen-bond acceptors (Lipinski definition) is 8. The van der Waals surface area contributed by atoms with Crippen LogP contribution < -0.4 is 0 Å². The van der Waals surface area contributed by atoms with Crippen molar-refractivity contribution in [3.63, 3.8) is 0 Å². The van der Waals surface area contributed by atoms with Gasteiger partial charge in [-0.1, -0.05) is 7.43 Å². The van der Waals surface area contributed by atoms with E-state index >= 15 is 0 Å². The van der Waals surface area contributed by atoms with Gasteiger partial charge in [0.05, 0.1) is 37.6 Å². The molecule has 2 aliphatic rings. The first-order valence-electron chi connectivity index (χ1n) is 7.37. The Kier molecular flexibility index (Phi) is 9.73. The zero-order chi connectivity index (χ0) is 17.0. The van der Waals surface area contributed by atoms with Gasteiger partial charge in [-0.2, -0.15) is 0 Å². The van der Waals surface area contributed by atoms with E-state index in [0.717, 1.165) is 0 Å². The molecule has 4 atom stereocenters. The van der Waals surface area contributed by atoms with Gasteiger partial charge in [-0.15, -0.1) is 0 Å². The van der Waals surface area contributed by atoms with Gasteiger partial charge in [0.15, 0.2) is 0 Å². The summed E-state index contributed by atoms with van der Waals surface area (Å²) in [5.74, 6) is 0. The molecule has 23 heavy (non-hydrogen) atoms. The Labute approximate surface area is 139 Å². The fourth-order valence-corrected chi connectivity index (χ4v) is 4.93. The summed E-state index contributed by atoms with van der Waals surface area (Å²) in [6.07, 6.45) is -0.584. The third-order valence-corrected chi connectivity index (χ3v) is 6.59. The third kappa shape index (κ3) is 6.92. The summed E-state index contributed by atoms with van der Waals surface area (Å²) in [5.41, 5.74) is 0. The van der Waals surface area contributed by atoms with Crippen molar-refractivity contribution in [3.05, 3.63) is 0 Å². The van der Waals surface area contributed by atoms with Gasteiger partial charge in [0.1, 0.15) is 0 Å². The van der Waals surface area contributed by atoms with Crippen molar-refractivity contribution in [2.75, 3.05) is 13.2 Å². The highest BCUT2D eigenvalue weighted by Gasteiger charge is 2.41. The molecule has 0 N–H and O–H groups in total. The van der Waals surface area contributed by atoms with Crippen LogP contribution in [0, 0.1) is 0 Å². The Morgan fingerprint density at radius 3 is 1.09 bits per heavy atom. The Hall–Kier alpha value is 0.220. The van der Waals surface area contributed by atoms with E-state index in [4.69, 9.17) is 27.1 Å². The molecule has 2 rings (SSSR count). The molecule has 8 nitrogen and oxygen atoms in total. The molecular weight excluding hydrogens is 346 g/mol. The lowest BCUT2D eigenvalue weighted by atomic mass is 10.3. The van der Waals surface area contributed by atoms with E-state index < -0.39 is 15.6 Å². The highest BCUT2D eigenvalue weighted by atomic mass is 31.2. The van der Waals surface area contributed by atoms with Crippen molar-refractivity contribution in [2.45, 2.75) is 73.4 Å². The minimum Gasteiger partial charge on any atom is -0.287 e. The van der Waals surface area contributed by atoms with Crippen LogP contribution in [0.2, 0.25) is 0 Å². The molecule has 0 aromatic rings. The van der Waals surface area contributed by atoms with Gasteiger partial charge in [0, 0.05) is 0 Å². The monoisotopic (exact) mass is 376 g/mol. The standard InChI is InChI=1S/2C6H13O4P.CH4/c2*1-4-8-11(7)9-5(2)6(3)10-11;/h2*5-6H,4H2,1-3H3;1H4/t2*5-,6-;/m10./s1. The summed E-state index contributed by atoms with van der Waals surface area (Å²) >= 11 is 0. The van der Waals surface area contributed by atoms with Crippen LogP contribution in [-0.2, 0) is 36.3 Å². The lowest BCUT2D eigenvalue weighted by Gasteiger charge is -2.07. The Morgan fingerprint density at radius 2 is 0.913 bits per heavy atom. The van der Waals surface area contributed by atoms with E-state index in [0.29, 0.717) is 13.2 Å². The smallest absolute Gasteiger partial charge is 0.287 e. The van der Waals surface area contributed by atoms with Crippen LogP contribution in [0.5, 0.6) is 0 Å².